The quantitative estimate of drug-likeness (QED) is 0.666. The molecule has 0 fully saturated rings. The van der Waals surface area contributed by atoms with Gasteiger partial charge >= 0.3 is 5.97 Å². The van der Waals surface area contributed by atoms with Crippen molar-refractivity contribution in [2.45, 2.75) is 19.8 Å². The predicted molar refractivity (Wildman–Crippen MR) is 90.4 cm³/mol. The highest BCUT2D eigenvalue weighted by molar-refractivity contribution is 7.16. The van der Waals surface area contributed by atoms with Crippen molar-refractivity contribution in [1.82, 2.24) is 10.3 Å². The van der Waals surface area contributed by atoms with Crippen LogP contribution >= 0.6 is 11.3 Å². The molecule has 24 heavy (non-hydrogen) atoms. The Hall–Kier alpha value is -2.74. The van der Waals surface area contributed by atoms with Gasteiger partial charge in [0.2, 0.25) is 0 Å². The Bertz CT molecular complexity index is 743. The zero-order valence-electron chi connectivity index (χ0n) is 13.0. The molecule has 2 aromatic rings. The van der Waals surface area contributed by atoms with Gasteiger partial charge in [0.15, 0.2) is 0 Å². The second kappa shape index (κ2) is 8.21. The molecule has 0 bridgehead atoms. The number of anilines is 1. The van der Waals surface area contributed by atoms with Crippen LogP contribution in [0.5, 0.6) is 0 Å². The van der Waals surface area contributed by atoms with Crippen LogP contribution < -0.4 is 10.6 Å². The van der Waals surface area contributed by atoms with Gasteiger partial charge in [0.05, 0.1) is 11.1 Å². The highest BCUT2D eigenvalue weighted by Crippen LogP contribution is 2.28. The number of carboxylic acid groups (broad SMARTS) is 1. The largest absolute Gasteiger partial charge is 0.481 e. The standard InChI is InChI=1S/C16H17N3O4S/c1-10-8-12(15(23)18-7-3-5-13(20)21)16(24-10)19-14(22)11-4-2-6-17-9-11/h2,4,6,8-9H,3,5,7H2,1H3,(H,18,23)(H,19,22)(H,20,21). The summed E-state index contributed by atoms with van der Waals surface area (Å²) < 4.78 is 0. The summed E-state index contributed by atoms with van der Waals surface area (Å²) in [7, 11) is 0. The van der Waals surface area contributed by atoms with Crippen LogP contribution in [0, 0.1) is 6.92 Å². The van der Waals surface area contributed by atoms with Crippen LogP contribution in [0.3, 0.4) is 0 Å². The van der Waals surface area contributed by atoms with Gasteiger partial charge in [-0.2, -0.15) is 0 Å². The Balaban J connectivity index is 2.03. The van der Waals surface area contributed by atoms with Gasteiger partial charge in [-0.05, 0) is 31.5 Å². The lowest BCUT2D eigenvalue weighted by Crippen LogP contribution is -2.25. The first-order chi connectivity index (χ1) is 11.5. The van der Waals surface area contributed by atoms with Crippen LogP contribution in [0.1, 0.15) is 38.4 Å². The molecule has 2 rings (SSSR count). The lowest BCUT2D eigenvalue weighted by Gasteiger charge is -2.07. The minimum Gasteiger partial charge on any atom is -0.481 e. The summed E-state index contributed by atoms with van der Waals surface area (Å²) in [5.41, 5.74) is 0.765. The molecule has 126 valence electrons. The molecular weight excluding hydrogens is 330 g/mol. The Morgan fingerprint density at radius 2 is 2.08 bits per heavy atom. The van der Waals surface area contributed by atoms with Crippen LogP contribution in [0.2, 0.25) is 0 Å². The zero-order valence-corrected chi connectivity index (χ0v) is 13.9. The molecular formula is C16H17N3O4S. The maximum absolute atomic E-state index is 12.2. The second-order valence-corrected chi connectivity index (χ2v) is 6.31. The number of rotatable bonds is 7. The van der Waals surface area contributed by atoms with Crippen molar-refractivity contribution in [3.63, 3.8) is 0 Å². The number of aromatic nitrogens is 1. The normalized spacial score (nSPS) is 10.2. The summed E-state index contributed by atoms with van der Waals surface area (Å²) >= 11 is 1.30. The average Bonchev–Trinajstić information content (AvgIpc) is 2.92. The van der Waals surface area contributed by atoms with E-state index in [0.717, 1.165) is 4.88 Å². The van der Waals surface area contributed by atoms with E-state index in [1.54, 1.807) is 24.4 Å². The van der Waals surface area contributed by atoms with E-state index in [1.165, 1.54) is 17.5 Å². The van der Waals surface area contributed by atoms with Crippen molar-refractivity contribution in [2.75, 3.05) is 11.9 Å². The second-order valence-electron chi connectivity index (χ2n) is 5.05. The third-order valence-electron chi connectivity index (χ3n) is 3.10. The Labute approximate surface area is 142 Å². The highest BCUT2D eigenvalue weighted by Gasteiger charge is 2.17. The minimum absolute atomic E-state index is 0.00640. The molecule has 0 radical (unpaired) electrons. The fraction of sp³-hybridized carbons (Fsp3) is 0.250. The topological polar surface area (TPSA) is 108 Å². The first kappa shape index (κ1) is 17.6. The van der Waals surface area contributed by atoms with Gasteiger partial charge in [-0.3, -0.25) is 19.4 Å². The number of thiophene rings is 1. The molecule has 0 aromatic carbocycles. The molecule has 0 atom stereocenters. The van der Waals surface area contributed by atoms with Crippen molar-refractivity contribution in [2.24, 2.45) is 0 Å². The molecule has 0 spiro atoms. The summed E-state index contributed by atoms with van der Waals surface area (Å²) in [6.45, 7) is 2.10. The van der Waals surface area contributed by atoms with Crippen LogP contribution in [0.25, 0.3) is 0 Å². The number of pyridine rings is 1. The van der Waals surface area contributed by atoms with Crippen molar-refractivity contribution in [3.8, 4) is 0 Å². The van der Waals surface area contributed by atoms with Crippen molar-refractivity contribution < 1.29 is 19.5 Å². The van der Waals surface area contributed by atoms with Gasteiger partial charge in [0.1, 0.15) is 5.00 Å². The van der Waals surface area contributed by atoms with Gasteiger partial charge in [0.25, 0.3) is 11.8 Å². The number of amides is 2. The fourth-order valence-corrected chi connectivity index (χ4v) is 2.89. The molecule has 3 N–H and O–H groups in total. The minimum atomic E-state index is -0.903. The van der Waals surface area contributed by atoms with Crippen molar-refractivity contribution in [3.05, 3.63) is 46.6 Å². The maximum atomic E-state index is 12.2. The molecule has 7 nitrogen and oxygen atoms in total. The van der Waals surface area contributed by atoms with E-state index in [9.17, 15) is 14.4 Å². The Kier molecular flexibility index (Phi) is 6.02. The summed E-state index contributed by atoms with van der Waals surface area (Å²) in [5.74, 6) is -1.59. The molecule has 0 unspecified atom stereocenters. The molecule has 0 saturated carbocycles. The monoisotopic (exact) mass is 347 g/mol. The summed E-state index contributed by atoms with van der Waals surface area (Å²) in [5, 5.41) is 14.4. The van der Waals surface area contributed by atoms with Crippen molar-refractivity contribution >= 4 is 34.1 Å². The van der Waals surface area contributed by atoms with E-state index >= 15 is 0 Å². The maximum Gasteiger partial charge on any atom is 0.303 e. The van der Waals surface area contributed by atoms with E-state index in [0.29, 0.717) is 22.5 Å². The first-order valence-electron chi connectivity index (χ1n) is 7.29. The number of hydrogen-bond donors (Lipinski definition) is 3. The van der Waals surface area contributed by atoms with E-state index in [4.69, 9.17) is 5.11 Å². The average molecular weight is 347 g/mol. The summed E-state index contributed by atoms with van der Waals surface area (Å²) in [4.78, 5) is 39.7. The van der Waals surface area contributed by atoms with E-state index in [1.807, 2.05) is 6.92 Å². The molecule has 0 aliphatic carbocycles. The Morgan fingerprint density at radius 1 is 1.29 bits per heavy atom. The van der Waals surface area contributed by atoms with Gasteiger partial charge in [0, 0.05) is 30.2 Å². The predicted octanol–water partition coefficient (Wildman–Crippen LogP) is 2.30. The first-order valence-corrected chi connectivity index (χ1v) is 8.11. The van der Waals surface area contributed by atoms with Crippen LogP contribution in [0.15, 0.2) is 30.6 Å². The molecule has 0 aliphatic heterocycles. The lowest BCUT2D eigenvalue weighted by atomic mass is 10.2. The fourth-order valence-electron chi connectivity index (χ4n) is 1.98. The van der Waals surface area contributed by atoms with E-state index < -0.39 is 5.97 Å². The summed E-state index contributed by atoms with van der Waals surface area (Å²) in [6, 6.07) is 4.98. The Morgan fingerprint density at radius 3 is 2.75 bits per heavy atom. The molecule has 8 heteroatoms. The van der Waals surface area contributed by atoms with E-state index in [2.05, 4.69) is 15.6 Å². The van der Waals surface area contributed by atoms with Gasteiger partial charge < -0.3 is 15.7 Å². The third kappa shape index (κ3) is 4.88. The number of aliphatic carboxylic acids is 1. The van der Waals surface area contributed by atoms with Gasteiger partial charge in [-0.25, -0.2) is 0 Å². The number of nitrogens with one attached hydrogen (secondary N) is 2. The van der Waals surface area contributed by atoms with E-state index in [-0.39, 0.29) is 24.8 Å². The number of hydrogen-bond acceptors (Lipinski definition) is 5. The molecule has 2 aromatic heterocycles. The van der Waals surface area contributed by atoms with Crippen LogP contribution in [0.4, 0.5) is 5.00 Å². The van der Waals surface area contributed by atoms with Crippen LogP contribution in [-0.2, 0) is 4.79 Å². The highest BCUT2D eigenvalue weighted by atomic mass is 32.1. The number of aryl methyl sites for hydroxylation is 1. The smallest absolute Gasteiger partial charge is 0.303 e. The number of carboxylic acids is 1. The number of nitrogens with zero attached hydrogens (tertiary/aromatic N) is 1. The SMILES string of the molecule is Cc1cc(C(=O)NCCCC(=O)O)c(NC(=O)c2cccnc2)s1. The zero-order chi connectivity index (χ0) is 17.5. The van der Waals surface area contributed by atoms with Gasteiger partial charge in [-0.1, -0.05) is 0 Å². The molecule has 0 aliphatic rings. The number of carbonyl (C=O) groups is 3. The molecule has 2 amide bonds. The molecule has 2 heterocycles. The summed E-state index contributed by atoms with van der Waals surface area (Å²) in [6.07, 6.45) is 3.36. The lowest BCUT2D eigenvalue weighted by molar-refractivity contribution is -0.137. The number of carbonyl (C=O) groups excluding carboxylic acids is 2. The molecule has 0 saturated heterocycles. The van der Waals surface area contributed by atoms with Crippen molar-refractivity contribution in [1.29, 1.82) is 0 Å². The van der Waals surface area contributed by atoms with Gasteiger partial charge in [-0.15, -0.1) is 11.3 Å². The van der Waals surface area contributed by atoms with Crippen LogP contribution in [-0.4, -0.2) is 34.4 Å². The third-order valence-corrected chi connectivity index (χ3v) is 4.07.